The molecule has 6 nitrogen and oxygen atoms in total. The maximum absolute atomic E-state index is 6.12. The number of imidazole rings is 1. The first-order valence-corrected chi connectivity index (χ1v) is 11.3. The Bertz CT molecular complexity index is 1340. The zero-order valence-corrected chi connectivity index (χ0v) is 18.8. The summed E-state index contributed by atoms with van der Waals surface area (Å²) in [5, 5.41) is 0. The molecule has 3 heterocycles. The van der Waals surface area contributed by atoms with Crippen molar-refractivity contribution >= 4 is 16.9 Å². The topological polar surface area (TPSA) is 66.9 Å². The molecule has 0 bridgehead atoms. The number of nitrogens with one attached hydrogen (secondary N) is 1. The van der Waals surface area contributed by atoms with Crippen molar-refractivity contribution in [2.24, 2.45) is 5.41 Å². The van der Waals surface area contributed by atoms with Crippen LogP contribution in [0, 0.1) is 12.3 Å². The number of H-pyrrole nitrogens is 1. The van der Waals surface area contributed by atoms with Gasteiger partial charge in [-0.2, -0.15) is 0 Å². The number of nitrogens with zero attached hydrogens (tertiary/aromatic N) is 4. The molecule has 0 spiro atoms. The molecule has 6 heteroatoms. The van der Waals surface area contributed by atoms with E-state index in [1.165, 1.54) is 27.9 Å². The highest BCUT2D eigenvalue weighted by Gasteiger charge is 2.33. The fourth-order valence-corrected chi connectivity index (χ4v) is 5.11. The Kier molecular flexibility index (Phi) is 4.25. The van der Waals surface area contributed by atoms with Crippen molar-refractivity contribution in [2.45, 2.75) is 40.2 Å². The largest absolute Gasteiger partial charge is 0.491 e. The summed E-state index contributed by atoms with van der Waals surface area (Å²) in [6.45, 7) is 8.84. The van der Waals surface area contributed by atoms with Gasteiger partial charge in [-0.05, 0) is 60.6 Å². The average molecular weight is 426 g/mol. The molecule has 2 aromatic carbocycles. The fraction of sp³-hybridized carbons (Fsp3) is 0.346. The minimum absolute atomic E-state index is 0.240. The molecule has 0 atom stereocenters. The molecular weight excluding hydrogens is 398 g/mol. The third-order valence-corrected chi connectivity index (χ3v) is 6.59. The second-order valence-corrected chi connectivity index (χ2v) is 9.79. The molecule has 1 aliphatic carbocycles. The van der Waals surface area contributed by atoms with Crippen LogP contribution in [0.1, 0.15) is 36.5 Å². The van der Waals surface area contributed by atoms with Crippen molar-refractivity contribution in [3.05, 3.63) is 65.4 Å². The van der Waals surface area contributed by atoms with E-state index >= 15 is 0 Å². The van der Waals surface area contributed by atoms with Crippen LogP contribution in [-0.2, 0) is 19.4 Å². The minimum atomic E-state index is 0.240. The van der Waals surface area contributed by atoms with E-state index in [0.29, 0.717) is 6.61 Å². The number of benzene rings is 2. The lowest BCUT2D eigenvalue weighted by molar-refractivity contribution is 0.331. The van der Waals surface area contributed by atoms with E-state index in [2.05, 4.69) is 70.1 Å². The van der Waals surface area contributed by atoms with Gasteiger partial charge in [-0.3, -0.25) is 0 Å². The Hall–Kier alpha value is -3.41. The molecule has 0 saturated carbocycles. The third kappa shape index (κ3) is 3.30. The summed E-state index contributed by atoms with van der Waals surface area (Å²) in [7, 11) is 0. The number of aromatic amines is 1. The van der Waals surface area contributed by atoms with E-state index in [4.69, 9.17) is 9.72 Å². The van der Waals surface area contributed by atoms with Gasteiger partial charge < -0.3 is 14.6 Å². The summed E-state index contributed by atoms with van der Waals surface area (Å²) in [5.74, 6) is 2.96. The Morgan fingerprint density at radius 2 is 1.88 bits per heavy atom. The molecule has 4 aromatic rings. The van der Waals surface area contributed by atoms with E-state index in [9.17, 15) is 0 Å². The van der Waals surface area contributed by atoms with Crippen molar-refractivity contribution in [3.63, 3.8) is 0 Å². The molecule has 0 saturated heterocycles. The summed E-state index contributed by atoms with van der Waals surface area (Å²) < 4.78 is 6.12. The van der Waals surface area contributed by atoms with Crippen LogP contribution in [0.4, 0.5) is 5.82 Å². The van der Waals surface area contributed by atoms with E-state index < -0.39 is 0 Å². The van der Waals surface area contributed by atoms with Gasteiger partial charge >= 0.3 is 0 Å². The van der Waals surface area contributed by atoms with Gasteiger partial charge in [0.15, 0.2) is 0 Å². The van der Waals surface area contributed by atoms with Crippen molar-refractivity contribution in [3.8, 4) is 16.9 Å². The highest BCUT2D eigenvalue weighted by atomic mass is 16.5. The van der Waals surface area contributed by atoms with Crippen molar-refractivity contribution < 1.29 is 4.74 Å². The molecule has 0 fully saturated rings. The van der Waals surface area contributed by atoms with Crippen LogP contribution in [0.5, 0.6) is 5.75 Å². The molecule has 1 aliphatic heterocycles. The van der Waals surface area contributed by atoms with Gasteiger partial charge in [0.25, 0.3) is 0 Å². The smallest absolute Gasteiger partial charge is 0.135 e. The molecule has 0 unspecified atom stereocenters. The van der Waals surface area contributed by atoms with E-state index in [0.717, 1.165) is 54.4 Å². The van der Waals surface area contributed by atoms with Crippen LogP contribution in [0.3, 0.4) is 0 Å². The number of fused-ring (bicyclic) bond motifs is 3. The summed E-state index contributed by atoms with van der Waals surface area (Å²) in [6.07, 6.45) is 3.76. The standard InChI is InChI=1S/C26H27N5O/c1-16-29-21-6-4-18(11-22(21)30-16)17-5-7-24-19(10-17)14-31(8-9-32-24)25-20-12-26(2,3)13-23(20)27-15-28-25/h4-7,10-11,15H,8-9,12-14H2,1-3H3,(H,29,30). The third-order valence-electron chi connectivity index (χ3n) is 6.59. The summed E-state index contributed by atoms with van der Waals surface area (Å²) >= 11 is 0. The second kappa shape index (κ2) is 7.05. The van der Waals surface area contributed by atoms with Gasteiger partial charge in [-0.1, -0.05) is 26.0 Å². The molecule has 1 N–H and O–H groups in total. The monoisotopic (exact) mass is 425 g/mol. The van der Waals surface area contributed by atoms with Crippen LogP contribution in [0.2, 0.25) is 0 Å². The first-order valence-electron chi connectivity index (χ1n) is 11.3. The first kappa shape index (κ1) is 19.3. The number of rotatable bonds is 2. The molecular formula is C26H27N5O. The summed E-state index contributed by atoms with van der Waals surface area (Å²) in [6, 6.07) is 12.9. The SMILES string of the molecule is Cc1nc2ccc(-c3ccc4c(c3)CN(c3ncnc5c3CC(C)(C)C5)CCO4)cc2[nH]1. The van der Waals surface area contributed by atoms with Gasteiger partial charge in [0.2, 0.25) is 0 Å². The molecule has 32 heavy (non-hydrogen) atoms. The van der Waals surface area contributed by atoms with Crippen molar-refractivity contribution in [2.75, 3.05) is 18.1 Å². The second-order valence-electron chi connectivity index (χ2n) is 9.79. The van der Waals surface area contributed by atoms with Gasteiger partial charge in [-0.25, -0.2) is 15.0 Å². The quantitative estimate of drug-likeness (QED) is 0.497. The molecule has 162 valence electrons. The number of aromatic nitrogens is 4. The molecule has 0 amide bonds. The molecule has 0 radical (unpaired) electrons. The van der Waals surface area contributed by atoms with Crippen molar-refractivity contribution in [1.29, 1.82) is 0 Å². The maximum Gasteiger partial charge on any atom is 0.135 e. The Morgan fingerprint density at radius 3 is 2.78 bits per heavy atom. The fourth-order valence-electron chi connectivity index (χ4n) is 5.11. The maximum atomic E-state index is 6.12. The van der Waals surface area contributed by atoms with Crippen LogP contribution in [0.25, 0.3) is 22.2 Å². The van der Waals surface area contributed by atoms with Gasteiger partial charge in [0.1, 0.15) is 30.3 Å². The highest BCUT2D eigenvalue weighted by molar-refractivity contribution is 5.82. The molecule has 6 rings (SSSR count). The van der Waals surface area contributed by atoms with Crippen LogP contribution < -0.4 is 9.64 Å². The lowest BCUT2D eigenvalue weighted by Gasteiger charge is -2.24. The van der Waals surface area contributed by atoms with Gasteiger partial charge in [0.05, 0.1) is 17.6 Å². The number of hydrogen-bond donors (Lipinski definition) is 1. The molecule has 2 aromatic heterocycles. The number of ether oxygens (including phenoxy) is 1. The minimum Gasteiger partial charge on any atom is -0.491 e. The predicted molar refractivity (Wildman–Crippen MR) is 126 cm³/mol. The lowest BCUT2D eigenvalue weighted by Crippen LogP contribution is -2.27. The van der Waals surface area contributed by atoms with E-state index in [1.807, 2.05) is 6.92 Å². The van der Waals surface area contributed by atoms with Gasteiger partial charge in [-0.15, -0.1) is 0 Å². The number of hydrogen-bond acceptors (Lipinski definition) is 5. The molecule has 2 aliphatic rings. The van der Waals surface area contributed by atoms with E-state index in [1.54, 1.807) is 6.33 Å². The summed E-state index contributed by atoms with van der Waals surface area (Å²) in [4.78, 5) is 19.5. The number of aryl methyl sites for hydroxylation is 1. The first-order chi connectivity index (χ1) is 15.4. The average Bonchev–Trinajstić information content (AvgIpc) is 3.20. The lowest BCUT2D eigenvalue weighted by atomic mass is 9.90. The zero-order valence-electron chi connectivity index (χ0n) is 18.8. The van der Waals surface area contributed by atoms with Crippen LogP contribution in [0.15, 0.2) is 42.7 Å². The number of anilines is 1. The van der Waals surface area contributed by atoms with Crippen LogP contribution >= 0.6 is 0 Å². The predicted octanol–water partition coefficient (Wildman–Crippen LogP) is 4.85. The van der Waals surface area contributed by atoms with Crippen LogP contribution in [-0.4, -0.2) is 33.1 Å². The normalized spacial score (nSPS) is 17.0. The highest BCUT2D eigenvalue weighted by Crippen LogP contribution is 2.40. The van der Waals surface area contributed by atoms with Crippen molar-refractivity contribution in [1.82, 2.24) is 19.9 Å². The summed E-state index contributed by atoms with van der Waals surface area (Å²) in [5.41, 5.74) is 8.33. The zero-order chi connectivity index (χ0) is 21.9. The van der Waals surface area contributed by atoms with Gasteiger partial charge in [0, 0.05) is 23.4 Å². The van der Waals surface area contributed by atoms with E-state index in [-0.39, 0.29) is 5.41 Å². The Balaban J connectivity index is 1.36. The Morgan fingerprint density at radius 1 is 1.03 bits per heavy atom. The Labute approximate surface area is 187 Å².